The number of esters is 1. The van der Waals surface area contributed by atoms with Crippen molar-refractivity contribution in [2.45, 2.75) is 0 Å². The van der Waals surface area contributed by atoms with Gasteiger partial charge in [-0.2, -0.15) is 0 Å². The molecule has 0 atom stereocenters. The summed E-state index contributed by atoms with van der Waals surface area (Å²) < 4.78 is 17.5. The van der Waals surface area contributed by atoms with E-state index in [9.17, 15) is 9.18 Å². The highest BCUT2D eigenvalue weighted by Gasteiger charge is 2.15. The fraction of sp³-hybridized carbons (Fsp3) is 0.125. The first kappa shape index (κ1) is 9.80. The molecule has 0 unspecified atom stereocenters. The molecule has 2 N–H and O–H groups in total. The number of carbonyl (C=O) groups excluding carboxylic acids is 1. The topological polar surface area (TPSA) is 52.3 Å². The Morgan fingerprint density at radius 2 is 2.23 bits per heavy atom. The Hall–Kier alpha value is -1.29. The number of methoxy groups -OCH3 is 1. The maximum absolute atomic E-state index is 13.1. The van der Waals surface area contributed by atoms with Gasteiger partial charge in [-0.15, -0.1) is 0 Å². The number of hydrogen-bond donors (Lipinski definition) is 1. The fourth-order valence-corrected chi connectivity index (χ4v) is 1.10. The molecule has 0 bridgehead atoms. The van der Waals surface area contributed by atoms with Crippen LogP contribution in [0.3, 0.4) is 0 Å². The Bertz CT molecular complexity index is 354. The zero-order valence-corrected chi connectivity index (χ0v) is 7.56. The molecule has 13 heavy (non-hydrogen) atoms. The normalized spacial score (nSPS) is 9.77. The van der Waals surface area contributed by atoms with Gasteiger partial charge in [0.15, 0.2) is 5.82 Å². The Labute approximate surface area is 79.2 Å². The molecule has 0 saturated heterocycles. The summed E-state index contributed by atoms with van der Waals surface area (Å²) in [4.78, 5) is 11.0. The molecule has 5 heteroatoms. The number of ether oxygens (including phenoxy) is 1. The smallest absolute Gasteiger partial charge is 0.340 e. The van der Waals surface area contributed by atoms with E-state index in [2.05, 4.69) is 4.74 Å². The summed E-state index contributed by atoms with van der Waals surface area (Å²) in [7, 11) is 1.15. The second kappa shape index (κ2) is 3.62. The highest BCUT2D eigenvalue weighted by molar-refractivity contribution is 6.31. The van der Waals surface area contributed by atoms with Crippen LogP contribution in [0.4, 0.5) is 10.1 Å². The van der Waals surface area contributed by atoms with Gasteiger partial charge in [0, 0.05) is 5.69 Å². The van der Waals surface area contributed by atoms with Gasteiger partial charge in [0.2, 0.25) is 0 Å². The molecule has 0 heterocycles. The van der Waals surface area contributed by atoms with E-state index in [1.54, 1.807) is 0 Å². The average molecular weight is 204 g/mol. The lowest BCUT2D eigenvalue weighted by Gasteiger charge is -2.03. The predicted octanol–water partition coefficient (Wildman–Crippen LogP) is 1.85. The van der Waals surface area contributed by atoms with Crippen LogP contribution >= 0.6 is 11.6 Å². The van der Waals surface area contributed by atoms with Crippen molar-refractivity contribution in [1.82, 2.24) is 0 Å². The van der Waals surface area contributed by atoms with Gasteiger partial charge < -0.3 is 10.5 Å². The number of nitrogen functional groups attached to an aromatic ring is 1. The number of anilines is 1. The van der Waals surface area contributed by atoms with Crippen molar-refractivity contribution in [2.75, 3.05) is 12.8 Å². The molecule has 0 saturated carbocycles. The average Bonchev–Trinajstić information content (AvgIpc) is 2.10. The minimum absolute atomic E-state index is 0.194. The maximum Gasteiger partial charge on any atom is 0.340 e. The van der Waals surface area contributed by atoms with Crippen molar-refractivity contribution in [1.29, 1.82) is 0 Å². The van der Waals surface area contributed by atoms with Gasteiger partial charge in [-0.05, 0) is 12.1 Å². The van der Waals surface area contributed by atoms with Crippen molar-refractivity contribution >= 4 is 23.3 Å². The fourth-order valence-electron chi connectivity index (χ4n) is 0.869. The minimum atomic E-state index is -0.817. The predicted molar refractivity (Wildman–Crippen MR) is 47.2 cm³/mol. The van der Waals surface area contributed by atoms with Crippen LogP contribution in [0.2, 0.25) is 5.02 Å². The van der Waals surface area contributed by atoms with Gasteiger partial charge in [0.1, 0.15) is 0 Å². The van der Waals surface area contributed by atoms with Crippen molar-refractivity contribution in [3.8, 4) is 0 Å². The van der Waals surface area contributed by atoms with Crippen molar-refractivity contribution in [3.05, 3.63) is 28.5 Å². The summed E-state index contributed by atoms with van der Waals surface area (Å²) in [6.07, 6.45) is 0. The summed E-state index contributed by atoms with van der Waals surface area (Å²) in [6, 6.07) is 2.40. The Kier molecular flexibility index (Phi) is 2.72. The number of hydrogen-bond acceptors (Lipinski definition) is 3. The quantitative estimate of drug-likeness (QED) is 0.560. The van der Waals surface area contributed by atoms with Crippen LogP contribution in [0.1, 0.15) is 10.4 Å². The summed E-state index contributed by atoms with van der Waals surface area (Å²) in [5, 5.41) is -0.194. The van der Waals surface area contributed by atoms with Crippen LogP contribution in [0.5, 0.6) is 0 Å². The van der Waals surface area contributed by atoms with Crippen molar-refractivity contribution < 1.29 is 13.9 Å². The highest BCUT2D eigenvalue weighted by atomic mass is 35.5. The van der Waals surface area contributed by atoms with Crippen LogP contribution in [-0.4, -0.2) is 13.1 Å². The van der Waals surface area contributed by atoms with E-state index in [1.165, 1.54) is 12.1 Å². The molecule has 0 amide bonds. The van der Waals surface area contributed by atoms with E-state index in [4.69, 9.17) is 17.3 Å². The first-order valence-corrected chi connectivity index (χ1v) is 3.77. The van der Waals surface area contributed by atoms with Crippen molar-refractivity contribution in [2.24, 2.45) is 0 Å². The molecular formula is C8H7ClFNO2. The van der Waals surface area contributed by atoms with E-state index in [1.807, 2.05) is 0 Å². The standard InChI is InChI=1S/C8H7ClFNO2/c1-13-8(12)5-2-4(11)3-6(9)7(5)10/h2-3H,11H2,1H3. The van der Waals surface area contributed by atoms with Crippen LogP contribution in [0.25, 0.3) is 0 Å². The Morgan fingerprint density at radius 1 is 1.62 bits per heavy atom. The number of nitrogens with two attached hydrogens (primary N) is 1. The third-order valence-corrected chi connectivity index (χ3v) is 1.73. The third kappa shape index (κ3) is 1.89. The zero-order chi connectivity index (χ0) is 10.0. The summed E-state index contributed by atoms with van der Waals surface area (Å²) >= 11 is 5.46. The number of benzene rings is 1. The van der Waals surface area contributed by atoms with Crippen LogP contribution < -0.4 is 5.73 Å². The molecule has 0 aliphatic heterocycles. The van der Waals surface area contributed by atoms with Gasteiger partial charge in [-0.3, -0.25) is 0 Å². The Morgan fingerprint density at radius 3 is 2.77 bits per heavy atom. The van der Waals surface area contributed by atoms with E-state index >= 15 is 0 Å². The van der Waals surface area contributed by atoms with Crippen LogP contribution in [0, 0.1) is 5.82 Å². The van der Waals surface area contributed by atoms with Crippen LogP contribution in [0.15, 0.2) is 12.1 Å². The lowest BCUT2D eigenvalue weighted by Crippen LogP contribution is -2.05. The van der Waals surface area contributed by atoms with Crippen molar-refractivity contribution in [3.63, 3.8) is 0 Å². The minimum Gasteiger partial charge on any atom is -0.465 e. The molecule has 0 aliphatic rings. The lowest BCUT2D eigenvalue weighted by atomic mass is 10.2. The SMILES string of the molecule is COC(=O)c1cc(N)cc(Cl)c1F. The van der Waals surface area contributed by atoms with E-state index in [0.29, 0.717) is 0 Å². The van der Waals surface area contributed by atoms with Gasteiger partial charge in [-0.25, -0.2) is 9.18 Å². The number of rotatable bonds is 1. The van der Waals surface area contributed by atoms with Crippen LogP contribution in [-0.2, 0) is 4.74 Å². The highest BCUT2D eigenvalue weighted by Crippen LogP contribution is 2.22. The molecule has 1 aromatic carbocycles. The lowest BCUT2D eigenvalue weighted by molar-refractivity contribution is 0.0595. The monoisotopic (exact) mass is 203 g/mol. The summed E-state index contributed by atoms with van der Waals surface area (Å²) in [5.41, 5.74) is 5.32. The summed E-state index contributed by atoms with van der Waals surface area (Å²) in [5.74, 6) is -1.62. The molecule has 0 spiro atoms. The van der Waals surface area contributed by atoms with E-state index in [-0.39, 0.29) is 16.3 Å². The molecule has 3 nitrogen and oxygen atoms in total. The maximum atomic E-state index is 13.1. The van der Waals surface area contributed by atoms with Gasteiger partial charge in [0.05, 0.1) is 17.7 Å². The summed E-state index contributed by atoms with van der Waals surface area (Å²) in [6.45, 7) is 0. The first-order valence-electron chi connectivity index (χ1n) is 3.39. The molecule has 0 aromatic heterocycles. The molecule has 1 aromatic rings. The number of carbonyl (C=O) groups is 1. The Balaban J connectivity index is 3.28. The molecule has 1 rings (SSSR count). The van der Waals surface area contributed by atoms with Gasteiger partial charge >= 0.3 is 5.97 Å². The first-order chi connectivity index (χ1) is 6.06. The number of halogens is 2. The molecule has 70 valence electrons. The van der Waals surface area contributed by atoms with Gasteiger partial charge in [0.25, 0.3) is 0 Å². The third-order valence-electron chi connectivity index (χ3n) is 1.46. The second-order valence-corrected chi connectivity index (χ2v) is 2.76. The second-order valence-electron chi connectivity index (χ2n) is 2.36. The molecule has 0 fully saturated rings. The largest absolute Gasteiger partial charge is 0.465 e. The van der Waals surface area contributed by atoms with E-state index in [0.717, 1.165) is 7.11 Å². The molecule has 0 radical (unpaired) electrons. The van der Waals surface area contributed by atoms with E-state index < -0.39 is 11.8 Å². The molecule has 0 aliphatic carbocycles. The molecular weight excluding hydrogens is 197 g/mol. The zero-order valence-electron chi connectivity index (χ0n) is 6.80. The van der Waals surface area contributed by atoms with Gasteiger partial charge in [-0.1, -0.05) is 11.6 Å².